The number of nitrogens with one attached hydrogen (secondary N) is 1. The van der Waals surface area contributed by atoms with E-state index in [9.17, 15) is 4.79 Å². The first-order valence-electron chi connectivity index (χ1n) is 8.62. The van der Waals surface area contributed by atoms with E-state index >= 15 is 0 Å². The molecule has 0 spiro atoms. The Labute approximate surface area is 158 Å². The molecular weight excluding hydrogens is 342 g/mol. The number of hydrogen-bond acceptors (Lipinski definition) is 4. The lowest BCUT2D eigenvalue weighted by molar-refractivity contribution is 0.0941. The van der Waals surface area contributed by atoms with Crippen LogP contribution in [0.4, 0.5) is 0 Å². The number of aryl methyl sites for hydroxylation is 1. The van der Waals surface area contributed by atoms with E-state index in [0.717, 1.165) is 22.7 Å². The van der Waals surface area contributed by atoms with E-state index < -0.39 is 0 Å². The number of methoxy groups -OCH3 is 2. The van der Waals surface area contributed by atoms with Crippen molar-refractivity contribution < 1.29 is 14.3 Å². The van der Waals surface area contributed by atoms with E-state index in [-0.39, 0.29) is 11.9 Å². The number of nitrogens with zero attached hydrogens (tertiary/aromatic N) is 2. The van der Waals surface area contributed by atoms with Gasteiger partial charge in [0.05, 0.1) is 13.7 Å². The second-order valence-electron chi connectivity index (χ2n) is 6.21. The quantitative estimate of drug-likeness (QED) is 0.699. The number of aromatic nitrogens is 2. The largest absolute Gasteiger partial charge is 0.497 e. The molecular formula is C21H23N3O3. The standard InChI is InChI=1S/C21H23N3O3/c1-24-12-11-22-20(24)19(16-7-9-18(27-3)10-8-16)23-21(25)17-6-4-5-15(13-17)14-26-2/h4-13,19H,14H2,1-3H3,(H,23,25). The van der Waals surface area contributed by atoms with Crippen LogP contribution in [0, 0.1) is 0 Å². The summed E-state index contributed by atoms with van der Waals surface area (Å²) in [5.41, 5.74) is 2.45. The van der Waals surface area contributed by atoms with Gasteiger partial charge in [-0.3, -0.25) is 4.79 Å². The van der Waals surface area contributed by atoms with Crippen LogP contribution < -0.4 is 10.1 Å². The molecule has 1 aromatic heterocycles. The first kappa shape index (κ1) is 18.7. The third kappa shape index (κ3) is 4.35. The van der Waals surface area contributed by atoms with Gasteiger partial charge in [0, 0.05) is 32.1 Å². The minimum atomic E-state index is -0.380. The number of carbonyl (C=O) groups is 1. The van der Waals surface area contributed by atoms with Crippen molar-refractivity contribution in [2.75, 3.05) is 14.2 Å². The average molecular weight is 365 g/mol. The van der Waals surface area contributed by atoms with Crippen molar-refractivity contribution in [3.05, 3.63) is 83.4 Å². The van der Waals surface area contributed by atoms with Crippen LogP contribution in [0.3, 0.4) is 0 Å². The maximum Gasteiger partial charge on any atom is 0.252 e. The predicted octanol–water partition coefficient (Wildman–Crippen LogP) is 3.09. The SMILES string of the molecule is COCc1cccc(C(=O)NC(c2ccc(OC)cc2)c2nccn2C)c1. The fourth-order valence-corrected chi connectivity index (χ4v) is 2.93. The highest BCUT2D eigenvalue weighted by Crippen LogP contribution is 2.23. The topological polar surface area (TPSA) is 65.4 Å². The fourth-order valence-electron chi connectivity index (χ4n) is 2.93. The lowest BCUT2D eigenvalue weighted by Gasteiger charge is -2.20. The summed E-state index contributed by atoms with van der Waals surface area (Å²) in [6.07, 6.45) is 3.58. The van der Waals surface area contributed by atoms with E-state index in [0.29, 0.717) is 12.2 Å². The Bertz CT molecular complexity index is 903. The second kappa shape index (κ2) is 8.51. The lowest BCUT2D eigenvalue weighted by atomic mass is 10.0. The molecule has 0 aliphatic rings. The lowest BCUT2D eigenvalue weighted by Crippen LogP contribution is -2.31. The number of benzene rings is 2. The van der Waals surface area contributed by atoms with Gasteiger partial charge in [0.15, 0.2) is 0 Å². The van der Waals surface area contributed by atoms with Gasteiger partial charge in [0.2, 0.25) is 0 Å². The van der Waals surface area contributed by atoms with Crippen molar-refractivity contribution >= 4 is 5.91 Å². The van der Waals surface area contributed by atoms with Gasteiger partial charge < -0.3 is 19.4 Å². The molecule has 0 radical (unpaired) electrons. The molecule has 27 heavy (non-hydrogen) atoms. The van der Waals surface area contributed by atoms with Gasteiger partial charge in [-0.15, -0.1) is 0 Å². The monoisotopic (exact) mass is 365 g/mol. The molecule has 6 nitrogen and oxygen atoms in total. The normalized spacial score (nSPS) is 11.8. The van der Waals surface area contributed by atoms with Gasteiger partial charge in [0.1, 0.15) is 17.6 Å². The van der Waals surface area contributed by atoms with Crippen molar-refractivity contribution in [2.24, 2.45) is 7.05 Å². The number of carbonyl (C=O) groups excluding carboxylic acids is 1. The van der Waals surface area contributed by atoms with Crippen LogP contribution in [0.15, 0.2) is 60.9 Å². The summed E-state index contributed by atoms with van der Waals surface area (Å²) in [5, 5.41) is 3.10. The minimum Gasteiger partial charge on any atom is -0.497 e. The Kier molecular flexibility index (Phi) is 5.88. The number of rotatable bonds is 7. The van der Waals surface area contributed by atoms with Crippen LogP contribution in [-0.2, 0) is 18.4 Å². The molecule has 1 atom stereocenters. The highest BCUT2D eigenvalue weighted by Gasteiger charge is 2.21. The van der Waals surface area contributed by atoms with E-state index in [1.807, 2.05) is 60.3 Å². The van der Waals surface area contributed by atoms with Crippen molar-refractivity contribution in [2.45, 2.75) is 12.6 Å². The Morgan fingerprint density at radius 3 is 2.59 bits per heavy atom. The molecule has 1 N–H and O–H groups in total. The van der Waals surface area contributed by atoms with Crippen LogP contribution >= 0.6 is 0 Å². The number of ether oxygens (including phenoxy) is 2. The molecule has 0 saturated carbocycles. The summed E-state index contributed by atoms with van der Waals surface area (Å²) < 4.78 is 12.3. The molecule has 0 bridgehead atoms. The van der Waals surface area contributed by atoms with Crippen LogP contribution in [0.2, 0.25) is 0 Å². The summed E-state index contributed by atoms with van der Waals surface area (Å²) >= 11 is 0. The number of hydrogen-bond donors (Lipinski definition) is 1. The predicted molar refractivity (Wildman–Crippen MR) is 103 cm³/mol. The molecule has 0 aliphatic carbocycles. The van der Waals surface area contributed by atoms with Gasteiger partial charge in [0.25, 0.3) is 5.91 Å². The first-order valence-corrected chi connectivity index (χ1v) is 8.62. The third-order valence-corrected chi connectivity index (χ3v) is 4.34. The van der Waals surface area contributed by atoms with Gasteiger partial charge >= 0.3 is 0 Å². The molecule has 3 aromatic rings. The van der Waals surface area contributed by atoms with E-state index in [1.54, 1.807) is 26.5 Å². The van der Waals surface area contributed by atoms with Gasteiger partial charge in [-0.05, 0) is 35.4 Å². The molecule has 1 amide bonds. The Balaban J connectivity index is 1.90. The van der Waals surface area contributed by atoms with Crippen LogP contribution in [0.1, 0.15) is 33.4 Å². The molecule has 140 valence electrons. The van der Waals surface area contributed by atoms with Crippen molar-refractivity contribution in [3.63, 3.8) is 0 Å². The molecule has 1 heterocycles. The summed E-state index contributed by atoms with van der Waals surface area (Å²) in [6.45, 7) is 0.461. The van der Waals surface area contributed by atoms with Crippen LogP contribution in [-0.4, -0.2) is 29.7 Å². The zero-order valence-electron chi connectivity index (χ0n) is 15.7. The third-order valence-electron chi connectivity index (χ3n) is 4.34. The Morgan fingerprint density at radius 1 is 1.19 bits per heavy atom. The Hall–Kier alpha value is -3.12. The van der Waals surface area contributed by atoms with Gasteiger partial charge in [-0.25, -0.2) is 4.98 Å². The maximum absolute atomic E-state index is 12.9. The molecule has 0 saturated heterocycles. The smallest absolute Gasteiger partial charge is 0.252 e. The molecule has 3 rings (SSSR count). The first-order chi connectivity index (χ1) is 13.1. The molecule has 0 fully saturated rings. The van der Waals surface area contributed by atoms with Gasteiger partial charge in [-0.2, -0.15) is 0 Å². The highest BCUT2D eigenvalue weighted by molar-refractivity contribution is 5.94. The number of amides is 1. The maximum atomic E-state index is 12.9. The van der Waals surface area contributed by atoms with Crippen molar-refractivity contribution in [3.8, 4) is 5.75 Å². The van der Waals surface area contributed by atoms with Crippen molar-refractivity contribution in [1.29, 1.82) is 0 Å². The fraction of sp³-hybridized carbons (Fsp3) is 0.238. The summed E-state index contributed by atoms with van der Waals surface area (Å²) in [5.74, 6) is 1.34. The van der Waals surface area contributed by atoms with E-state index in [4.69, 9.17) is 9.47 Å². The molecule has 0 aliphatic heterocycles. The zero-order valence-corrected chi connectivity index (χ0v) is 15.7. The van der Waals surface area contributed by atoms with Gasteiger partial charge in [-0.1, -0.05) is 24.3 Å². The summed E-state index contributed by atoms with van der Waals surface area (Å²) in [4.78, 5) is 17.3. The van der Waals surface area contributed by atoms with Crippen molar-refractivity contribution in [1.82, 2.24) is 14.9 Å². The summed E-state index contributed by atoms with van der Waals surface area (Å²) in [7, 11) is 5.16. The van der Waals surface area contributed by atoms with Crippen LogP contribution in [0.25, 0.3) is 0 Å². The molecule has 1 unspecified atom stereocenters. The van der Waals surface area contributed by atoms with Crippen LogP contribution in [0.5, 0.6) is 5.75 Å². The number of imidazole rings is 1. The Morgan fingerprint density at radius 2 is 1.96 bits per heavy atom. The second-order valence-corrected chi connectivity index (χ2v) is 6.21. The highest BCUT2D eigenvalue weighted by atomic mass is 16.5. The molecule has 6 heteroatoms. The minimum absolute atomic E-state index is 0.170. The average Bonchev–Trinajstić information content (AvgIpc) is 3.12. The zero-order chi connectivity index (χ0) is 19.2. The summed E-state index contributed by atoms with van der Waals surface area (Å²) in [6, 6.07) is 14.6. The van der Waals surface area contributed by atoms with E-state index in [2.05, 4.69) is 10.3 Å². The molecule has 2 aromatic carbocycles. The van der Waals surface area contributed by atoms with E-state index in [1.165, 1.54) is 0 Å².